The molecule has 0 aliphatic rings. The van der Waals surface area contributed by atoms with E-state index in [1.54, 1.807) is 0 Å². The Morgan fingerprint density at radius 1 is 0.974 bits per heavy atom. The fourth-order valence-electron chi connectivity index (χ4n) is 3.52. The number of hydrogen-bond donors (Lipinski definition) is 9. The first-order chi connectivity index (χ1) is 18.3. The van der Waals surface area contributed by atoms with Crippen molar-refractivity contribution in [2.45, 2.75) is 76.5 Å². The number of aliphatic imine (C=N–C) groups is 1. The van der Waals surface area contributed by atoms with E-state index in [0.29, 0.717) is 5.69 Å². The molecule has 0 bridgehead atoms. The van der Waals surface area contributed by atoms with E-state index < -0.39 is 53.8 Å². The molecular formula is C23H39N9O7. The molecule has 1 aromatic heterocycles. The zero-order valence-corrected chi connectivity index (χ0v) is 22.1. The summed E-state index contributed by atoms with van der Waals surface area (Å²) in [5.41, 5.74) is 16.8. The van der Waals surface area contributed by atoms with Crippen molar-refractivity contribution >= 4 is 35.6 Å². The van der Waals surface area contributed by atoms with Crippen molar-refractivity contribution in [3.8, 4) is 0 Å². The molecule has 16 nitrogen and oxygen atoms in total. The number of nitrogens with two attached hydrogens (primary N) is 3. The van der Waals surface area contributed by atoms with Crippen molar-refractivity contribution in [2.75, 3.05) is 6.54 Å². The fraction of sp³-hybridized carbons (Fsp3) is 0.609. The first-order valence-electron chi connectivity index (χ1n) is 12.4. The van der Waals surface area contributed by atoms with Crippen LogP contribution in [-0.2, 0) is 30.4 Å². The Morgan fingerprint density at radius 3 is 2.13 bits per heavy atom. The topological polar surface area (TPSA) is 281 Å². The minimum Gasteiger partial charge on any atom is -0.481 e. The third kappa shape index (κ3) is 13.2. The van der Waals surface area contributed by atoms with Gasteiger partial charge in [-0.25, -0.2) is 9.78 Å². The maximum atomic E-state index is 13.3. The van der Waals surface area contributed by atoms with E-state index in [1.807, 2.05) is 13.8 Å². The number of rotatable bonds is 18. The molecule has 1 heterocycles. The molecule has 16 heteroatoms. The van der Waals surface area contributed by atoms with E-state index in [4.69, 9.17) is 22.3 Å². The number of carboxylic acids is 2. The summed E-state index contributed by atoms with van der Waals surface area (Å²) in [5, 5.41) is 25.9. The van der Waals surface area contributed by atoms with Crippen molar-refractivity contribution < 1.29 is 34.2 Å². The molecular weight excluding hydrogens is 514 g/mol. The number of guanidine groups is 1. The number of H-pyrrole nitrogens is 1. The Kier molecular flexibility index (Phi) is 14.0. The molecule has 4 atom stereocenters. The summed E-state index contributed by atoms with van der Waals surface area (Å²) in [7, 11) is 0. The van der Waals surface area contributed by atoms with Crippen molar-refractivity contribution in [3.63, 3.8) is 0 Å². The summed E-state index contributed by atoms with van der Waals surface area (Å²) in [6, 6.07) is -4.72. The Balaban J connectivity index is 3.00. The monoisotopic (exact) mass is 553 g/mol. The predicted molar refractivity (Wildman–Crippen MR) is 140 cm³/mol. The van der Waals surface area contributed by atoms with Crippen LogP contribution in [0.5, 0.6) is 0 Å². The maximum absolute atomic E-state index is 13.3. The second-order valence-electron chi connectivity index (χ2n) is 9.42. The summed E-state index contributed by atoms with van der Waals surface area (Å²) < 4.78 is 0. The number of aromatic nitrogens is 2. The van der Waals surface area contributed by atoms with Crippen molar-refractivity contribution in [1.29, 1.82) is 0 Å². The quantitative estimate of drug-likeness (QED) is 0.0533. The number of carboxylic acid groups (broad SMARTS) is 2. The van der Waals surface area contributed by atoms with Crippen LogP contribution in [0.3, 0.4) is 0 Å². The van der Waals surface area contributed by atoms with Crippen LogP contribution in [0.25, 0.3) is 0 Å². The molecule has 39 heavy (non-hydrogen) atoms. The third-order valence-electron chi connectivity index (χ3n) is 5.52. The molecule has 0 radical (unpaired) electrons. The second-order valence-corrected chi connectivity index (χ2v) is 9.42. The molecule has 0 saturated carbocycles. The van der Waals surface area contributed by atoms with Crippen LogP contribution in [0.2, 0.25) is 0 Å². The second kappa shape index (κ2) is 16.6. The summed E-state index contributed by atoms with van der Waals surface area (Å²) >= 11 is 0. The fourth-order valence-corrected chi connectivity index (χ4v) is 3.52. The van der Waals surface area contributed by atoms with E-state index >= 15 is 0 Å². The average molecular weight is 554 g/mol. The predicted octanol–water partition coefficient (Wildman–Crippen LogP) is -2.22. The van der Waals surface area contributed by atoms with Crippen LogP contribution < -0.4 is 33.2 Å². The van der Waals surface area contributed by atoms with E-state index in [2.05, 4.69) is 30.9 Å². The Labute approximate surface area is 225 Å². The van der Waals surface area contributed by atoms with Gasteiger partial charge in [0.1, 0.15) is 18.1 Å². The van der Waals surface area contributed by atoms with Crippen molar-refractivity contribution in [3.05, 3.63) is 18.2 Å². The number of hydrogen-bond acceptors (Lipinski definition) is 8. The van der Waals surface area contributed by atoms with Gasteiger partial charge in [-0.1, -0.05) is 13.8 Å². The molecule has 1 rings (SSSR count). The molecule has 0 fully saturated rings. The van der Waals surface area contributed by atoms with Crippen LogP contribution >= 0.6 is 0 Å². The molecule has 3 amide bonds. The maximum Gasteiger partial charge on any atom is 0.326 e. The van der Waals surface area contributed by atoms with Crippen LogP contribution in [0.15, 0.2) is 17.5 Å². The Hall–Kier alpha value is -4.21. The Morgan fingerprint density at radius 2 is 1.59 bits per heavy atom. The van der Waals surface area contributed by atoms with E-state index in [-0.39, 0.29) is 56.9 Å². The van der Waals surface area contributed by atoms with Gasteiger partial charge in [-0.05, 0) is 31.6 Å². The number of carbonyl (C=O) groups is 5. The molecule has 0 aliphatic heterocycles. The molecule has 4 unspecified atom stereocenters. The van der Waals surface area contributed by atoms with Gasteiger partial charge in [-0.3, -0.25) is 24.2 Å². The van der Waals surface area contributed by atoms with E-state index in [0.717, 1.165) is 0 Å². The van der Waals surface area contributed by atoms with Gasteiger partial charge < -0.3 is 48.3 Å². The third-order valence-corrected chi connectivity index (χ3v) is 5.52. The van der Waals surface area contributed by atoms with Crippen LogP contribution in [0, 0.1) is 5.92 Å². The van der Waals surface area contributed by atoms with Gasteiger partial charge in [0.2, 0.25) is 17.7 Å². The minimum absolute atomic E-state index is 0.0260. The zero-order chi connectivity index (χ0) is 29.5. The molecule has 0 aromatic carbocycles. The van der Waals surface area contributed by atoms with Crippen molar-refractivity contribution in [1.82, 2.24) is 25.9 Å². The number of aliphatic carboxylic acids is 2. The zero-order valence-electron chi connectivity index (χ0n) is 22.1. The van der Waals surface area contributed by atoms with E-state index in [1.165, 1.54) is 12.5 Å². The molecule has 1 aromatic rings. The lowest BCUT2D eigenvalue weighted by Gasteiger charge is -2.26. The van der Waals surface area contributed by atoms with E-state index in [9.17, 15) is 29.1 Å². The lowest BCUT2D eigenvalue weighted by atomic mass is 10.0. The molecule has 0 spiro atoms. The van der Waals surface area contributed by atoms with Gasteiger partial charge in [0, 0.05) is 31.3 Å². The highest BCUT2D eigenvalue weighted by Crippen LogP contribution is 2.09. The van der Waals surface area contributed by atoms with Gasteiger partial charge >= 0.3 is 11.9 Å². The van der Waals surface area contributed by atoms with Gasteiger partial charge in [0.15, 0.2) is 5.96 Å². The normalized spacial score (nSPS) is 13.9. The smallest absolute Gasteiger partial charge is 0.326 e. The summed E-state index contributed by atoms with van der Waals surface area (Å²) in [5.74, 6) is -4.75. The van der Waals surface area contributed by atoms with Gasteiger partial charge in [0.05, 0.1) is 12.4 Å². The van der Waals surface area contributed by atoms with Crippen LogP contribution in [0.1, 0.15) is 51.6 Å². The molecule has 218 valence electrons. The number of carbonyl (C=O) groups excluding carboxylic acids is 3. The highest BCUT2D eigenvalue weighted by molar-refractivity contribution is 5.94. The standard InChI is InChI=1S/C23H39N9O7/c1-12(2)8-16(20(36)30-15(22(38)39)4-3-7-28-23(25)26)32-21(37)17(9-13-10-27-11-29-13)31-19(35)14(24)5-6-18(33)34/h10-12,14-17H,3-9,24H2,1-2H3,(H,27,29)(H,30,36)(H,31,35)(H,32,37)(H,33,34)(H,38,39)(H4,25,26,28). The number of nitrogens with zero attached hydrogens (tertiary/aromatic N) is 2. The highest BCUT2D eigenvalue weighted by Gasteiger charge is 2.31. The lowest BCUT2D eigenvalue weighted by molar-refractivity contribution is -0.142. The summed E-state index contributed by atoms with van der Waals surface area (Å²) in [4.78, 5) is 71.9. The molecule has 12 N–H and O–H groups in total. The van der Waals surface area contributed by atoms with Gasteiger partial charge in [-0.2, -0.15) is 0 Å². The van der Waals surface area contributed by atoms with Crippen LogP contribution in [-0.4, -0.2) is 86.5 Å². The highest BCUT2D eigenvalue weighted by atomic mass is 16.4. The largest absolute Gasteiger partial charge is 0.481 e. The summed E-state index contributed by atoms with van der Waals surface area (Å²) in [6.07, 6.45) is 2.86. The average Bonchev–Trinajstić information content (AvgIpc) is 3.35. The number of imidazole rings is 1. The number of aromatic amines is 1. The summed E-state index contributed by atoms with van der Waals surface area (Å²) in [6.45, 7) is 3.82. The van der Waals surface area contributed by atoms with Gasteiger partial charge in [0.25, 0.3) is 0 Å². The number of nitrogens with one attached hydrogen (secondary N) is 4. The SMILES string of the molecule is CC(C)CC(NC(=O)C(Cc1cnc[nH]1)NC(=O)C(N)CCC(=O)O)C(=O)NC(CCCN=C(N)N)C(=O)O. The first kappa shape index (κ1) is 32.8. The van der Waals surface area contributed by atoms with Crippen molar-refractivity contribution in [2.24, 2.45) is 28.1 Å². The van der Waals surface area contributed by atoms with Gasteiger partial charge in [-0.15, -0.1) is 0 Å². The Bertz CT molecular complexity index is 994. The number of amides is 3. The van der Waals surface area contributed by atoms with Crippen LogP contribution in [0.4, 0.5) is 0 Å². The first-order valence-corrected chi connectivity index (χ1v) is 12.4. The molecule has 0 aliphatic carbocycles. The lowest BCUT2D eigenvalue weighted by Crippen LogP contribution is -2.57. The minimum atomic E-state index is -1.26. The molecule has 0 saturated heterocycles.